The first-order chi connectivity index (χ1) is 7.83. The van der Waals surface area contributed by atoms with Crippen LogP contribution in [-0.4, -0.2) is 18.1 Å². The summed E-state index contributed by atoms with van der Waals surface area (Å²) in [7, 11) is 0. The fraction of sp³-hybridized carbons (Fsp3) is 0.417. The highest BCUT2D eigenvalue weighted by Crippen LogP contribution is 2.29. The molecule has 1 atom stereocenters. The summed E-state index contributed by atoms with van der Waals surface area (Å²) in [4.78, 5) is 4.28. The Balaban J connectivity index is 1.97. The Morgan fingerprint density at radius 2 is 2.38 bits per heavy atom. The molecule has 3 N–H and O–H groups in total. The number of nitrogens with two attached hydrogens (primary N) is 1. The topological polar surface area (TPSA) is 50.9 Å². The molecule has 1 unspecified atom stereocenters. The van der Waals surface area contributed by atoms with Gasteiger partial charge in [0.15, 0.2) is 5.13 Å². The molecular weight excluding hydrogens is 218 g/mol. The van der Waals surface area contributed by atoms with E-state index in [1.54, 1.807) is 11.3 Å². The predicted octanol–water partition coefficient (Wildman–Crippen LogP) is 2.35. The van der Waals surface area contributed by atoms with Gasteiger partial charge in [-0.3, -0.25) is 0 Å². The average Bonchev–Trinajstić information content (AvgIpc) is 2.69. The van der Waals surface area contributed by atoms with Crippen LogP contribution >= 0.6 is 11.3 Å². The number of nitrogens with zero attached hydrogens (tertiary/aromatic N) is 1. The van der Waals surface area contributed by atoms with Gasteiger partial charge in [-0.15, -0.1) is 0 Å². The first-order valence-electron chi connectivity index (χ1n) is 5.69. The molecule has 1 saturated heterocycles. The van der Waals surface area contributed by atoms with Crippen molar-refractivity contribution in [2.24, 2.45) is 0 Å². The third kappa shape index (κ3) is 1.79. The first-order valence-corrected chi connectivity index (χ1v) is 6.51. The Kier molecular flexibility index (Phi) is 2.53. The molecular formula is C12H15N3S. The number of benzene rings is 1. The van der Waals surface area contributed by atoms with Crippen molar-refractivity contribution in [2.45, 2.75) is 18.8 Å². The molecule has 2 aromatic rings. The molecule has 0 bridgehead atoms. The van der Waals surface area contributed by atoms with Crippen molar-refractivity contribution in [1.29, 1.82) is 0 Å². The van der Waals surface area contributed by atoms with Gasteiger partial charge in [0.2, 0.25) is 0 Å². The minimum absolute atomic E-state index is 0.654. The fourth-order valence-electron chi connectivity index (χ4n) is 2.35. The van der Waals surface area contributed by atoms with E-state index in [0.717, 1.165) is 18.6 Å². The summed E-state index contributed by atoms with van der Waals surface area (Å²) in [5.74, 6) is 0.654. The summed E-state index contributed by atoms with van der Waals surface area (Å²) >= 11 is 1.58. The third-order valence-corrected chi connectivity index (χ3v) is 4.04. The number of piperidine rings is 1. The lowest BCUT2D eigenvalue weighted by Gasteiger charge is -2.22. The van der Waals surface area contributed by atoms with Crippen molar-refractivity contribution in [2.75, 3.05) is 18.8 Å². The number of nitrogen functional groups attached to an aromatic ring is 1. The number of thiazole rings is 1. The highest BCUT2D eigenvalue weighted by atomic mass is 32.1. The van der Waals surface area contributed by atoms with Gasteiger partial charge >= 0.3 is 0 Å². The number of anilines is 1. The molecule has 3 nitrogen and oxygen atoms in total. The van der Waals surface area contributed by atoms with Gasteiger partial charge < -0.3 is 11.1 Å². The van der Waals surface area contributed by atoms with Gasteiger partial charge in [-0.1, -0.05) is 17.4 Å². The van der Waals surface area contributed by atoms with Gasteiger partial charge in [0.1, 0.15) is 0 Å². The Hall–Kier alpha value is -1.13. The molecule has 4 heteroatoms. The second-order valence-electron chi connectivity index (χ2n) is 4.32. The quantitative estimate of drug-likeness (QED) is 0.795. The second kappa shape index (κ2) is 4.03. The van der Waals surface area contributed by atoms with Crippen LogP contribution in [-0.2, 0) is 0 Å². The minimum atomic E-state index is 0.654. The van der Waals surface area contributed by atoms with E-state index in [2.05, 4.69) is 28.5 Å². The van der Waals surface area contributed by atoms with Crippen LogP contribution in [0.25, 0.3) is 10.2 Å². The van der Waals surface area contributed by atoms with Gasteiger partial charge in [0, 0.05) is 6.54 Å². The Morgan fingerprint density at radius 3 is 3.19 bits per heavy atom. The normalized spacial score (nSPS) is 21.4. The maximum atomic E-state index is 5.71. The van der Waals surface area contributed by atoms with Crippen LogP contribution in [0, 0.1) is 0 Å². The van der Waals surface area contributed by atoms with Crippen molar-refractivity contribution >= 4 is 26.7 Å². The highest BCUT2D eigenvalue weighted by molar-refractivity contribution is 7.22. The largest absolute Gasteiger partial charge is 0.375 e. The van der Waals surface area contributed by atoms with E-state index >= 15 is 0 Å². The van der Waals surface area contributed by atoms with Gasteiger partial charge in [-0.05, 0) is 43.0 Å². The van der Waals surface area contributed by atoms with Crippen molar-refractivity contribution in [3.8, 4) is 0 Å². The number of nitrogens with one attached hydrogen (secondary N) is 1. The third-order valence-electron chi connectivity index (χ3n) is 3.20. The van der Waals surface area contributed by atoms with Gasteiger partial charge in [-0.2, -0.15) is 0 Å². The molecule has 0 radical (unpaired) electrons. The van der Waals surface area contributed by atoms with Gasteiger partial charge in [0.05, 0.1) is 10.2 Å². The SMILES string of the molecule is Nc1nc2ccc(C3CCCNC3)cc2s1. The van der Waals surface area contributed by atoms with Crippen LogP contribution in [0.15, 0.2) is 18.2 Å². The van der Waals surface area contributed by atoms with Crippen LogP contribution in [0.3, 0.4) is 0 Å². The Labute approximate surface area is 98.7 Å². The second-order valence-corrected chi connectivity index (χ2v) is 5.38. The maximum absolute atomic E-state index is 5.71. The number of aromatic nitrogens is 1. The number of hydrogen-bond donors (Lipinski definition) is 2. The molecule has 1 aromatic carbocycles. The molecule has 0 aliphatic carbocycles. The Morgan fingerprint density at radius 1 is 1.44 bits per heavy atom. The van der Waals surface area contributed by atoms with Crippen molar-refractivity contribution in [3.63, 3.8) is 0 Å². The molecule has 0 spiro atoms. The van der Waals surface area contributed by atoms with Crippen molar-refractivity contribution in [1.82, 2.24) is 10.3 Å². The monoisotopic (exact) mass is 233 g/mol. The summed E-state index contributed by atoms with van der Waals surface area (Å²) in [5.41, 5.74) is 8.16. The molecule has 1 aromatic heterocycles. The minimum Gasteiger partial charge on any atom is -0.375 e. The molecule has 16 heavy (non-hydrogen) atoms. The molecule has 0 amide bonds. The molecule has 84 valence electrons. The van der Waals surface area contributed by atoms with E-state index in [1.165, 1.54) is 23.1 Å². The molecule has 2 heterocycles. The van der Waals surface area contributed by atoms with Crippen LogP contribution in [0.5, 0.6) is 0 Å². The van der Waals surface area contributed by atoms with E-state index in [9.17, 15) is 0 Å². The van der Waals surface area contributed by atoms with Crippen LogP contribution in [0.1, 0.15) is 24.3 Å². The smallest absolute Gasteiger partial charge is 0.181 e. The van der Waals surface area contributed by atoms with E-state index in [-0.39, 0.29) is 0 Å². The standard InChI is InChI=1S/C12H15N3S/c13-12-15-10-4-3-8(6-11(10)16-12)9-2-1-5-14-7-9/h3-4,6,9,14H,1-2,5,7H2,(H2,13,15). The lowest BCUT2D eigenvalue weighted by Crippen LogP contribution is -2.28. The summed E-state index contributed by atoms with van der Waals surface area (Å²) in [6.07, 6.45) is 2.56. The van der Waals surface area contributed by atoms with Crippen LogP contribution in [0.4, 0.5) is 5.13 Å². The lowest BCUT2D eigenvalue weighted by molar-refractivity contribution is 0.462. The van der Waals surface area contributed by atoms with E-state index in [1.807, 2.05) is 0 Å². The molecule has 3 rings (SSSR count). The van der Waals surface area contributed by atoms with E-state index in [4.69, 9.17) is 5.73 Å². The summed E-state index contributed by atoms with van der Waals surface area (Å²) < 4.78 is 1.21. The first kappa shape index (κ1) is 10.1. The Bertz CT molecular complexity index is 500. The summed E-state index contributed by atoms with van der Waals surface area (Å²) in [6, 6.07) is 6.53. The van der Waals surface area contributed by atoms with Crippen molar-refractivity contribution < 1.29 is 0 Å². The molecule has 0 saturated carbocycles. The number of rotatable bonds is 1. The zero-order chi connectivity index (χ0) is 11.0. The van der Waals surface area contributed by atoms with Crippen LogP contribution in [0.2, 0.25) is 0 Å². The molecule has 1 fully saturated rings. The van der Waals surface area contributed by atoms with Crippen LogP contribution < -0.4 is 11.1 Å². The maximum Gasteiger partial charge on any atom is 0.181 e. The lowest BCUT2D eigenvalue weighted by atomic mass is 9.92. The summed E-state index contributed by atoms with van der Waals surface area (Å²) in [5, 5.41) is 4.11. The average molecular weight is 233 g/mol. The number of hydrogen-bond acceptors (Lipinski definition) is 4. The zero-order valence-corrected chi connectivity index (χ0v) is 9.89. The molecule has 1 aliphatic heterocycles. The van der Waals surface area contributed by atoms with Gasteiger partial charge in [0.25, 0.3) is 0 Å². The van der Waals surface area contributed by atoms with E-state index in [0.29, 0.717) is 11.0 Å². The summed E-state index contributed by atoms with van der Waals surface area (Å²) in [6.45, 7) is 2.26. The molecule has 1 aliphatic rings. The highest BCUT2D eigenvalue weighted by Gasteiger charge is 2.15. The fourth-order valence-corrected chi connectivity index (χ4v) is 3.13. The predicted molar refractivity (Wildman–Crippen MR) is 68.9 cm³/mol. The van der Waals surface area contributed by atoms with E-state index < -0.39 is 0 Å². The van der Waals surface area contributed by atoms with Gasteiger partial charge in [-0.25, -0.2) is 4.98 Å². The van der Waals surface area contributed by atoms with Crippen molar-refractivity contribution in [3.05, 3.63) is 23.8 Å². The zero-order valence-electron chi connectivity index (χ0n) is 9.07. The number of fused-ring (bicyclic) bond motifs is 1.